The molecule has 2 aromatic carbocycles. The fraction of sp³-hybridized carbons (Fsp3) is 0.304. The van der Waals surface area contributed by atoms with Crippen molar-refractivity contribution in [3.8, 4) is 16.3 Å². The summed E-state index contributed by atoms with van der Waals surface area (Å²) in [6.07, 6.45) is 2.26. The molecule has 1 amide bonds. The van der Waals surface area contributed by atoms with Gasteiger partial charge in [0.1, 0.15) is 22.3 Å². The Morgan fingerprint density at radius 3 is 2.70 bits per heavy atom. The summed E-state index contributed by atoms with van der Waals surface area (Å²) in [5.41, 5.74) is 2.64. The van der Waals surface area contributed by atoms with Crippen LogP contribution in [0.5, 0.6) is 5.75 Å². The van der Waals surface area contributed by atoms with Crippen LogP contribution in [0, 0.1) is 5.82 Å². The first-order chi connectivity index (χ1) is 14.6. The van der Waals surface area contributed by atoms with Crippen molar-refractivity contribution >= 4 is 28.6 Å². The molecule has 30 heavy (non-hydrogen) atoms. The lowest BCUT2D eigenvalue weighted by Crippen LogP contribution is -2.22. The maximum Gasteiger partial charge on any atom is 0.230 e. The van der Waals surface area contributed by atoms with Crippen molar-refractivity contribution in [1.29, 1.82) is 0 Å². The topological polar surface area (TPSA) is 54.5 Å². The number of para-hydroxylation sites is 1. The van der Waals surface area contributed by atoms with Crippen LogP contribution in [0.25, 0.3) is 10.6 Å². The first-order valence-electron chi connectivity index (χ1n) is 10.1. The Kier molecular flexibility index (Phi) is 6.28. The summed E-state index contributed by atoms with van der Waals surface area (Å²) in [6.45, 7) is 4.33. The largest absolute Gasteiger partial charge is 0.494 e. The highest BCUT2D eigenvalue weighted by molar-refractivity contribution is 7.13. The van der Waals surface area contributed by atoms with E-state index in [1.54, 1.807) is 6.07 Å². The van der Waals surface area contributed by atoms with Crippen molar-refractivity contribution in [3.05, 3.63) is 59.4 Å². The van der Waals surface area contributed by atoms with E-state index < -0.39 is 5.82 Å². The highest BCUT2D eigenvalue weighted by Gasteiger charge is 2.20. The molecule has 0 aliphatic carbocycles. The lowest BCUT2D eigenvalue weighted by Gasteiger charge is -2.21. The number of thiazole rings is 1. The zero-order valence-corrected chi connectivity index (χ0v) is 17.7. The number of carbonyl (C=O) groups excluding carboxylic acids is 1. The number of nitrogens with one attached hydrogen (secondary N) is 1. The molecule has 7 heteroatoms. The zero-order chi connectivity index (χ0) is 20.9. The Bertz CT molecular complexity index is 1010. The van der Waals surface area contributed by atoms with Gasteiger partial charge in [-0.1, -0.05) is 6.07 Å². The number of ether oxygens (including phenoxy) is 1. The van der Waals surface area contributed by atoms with E-state index >= 15 is 0 Å². The van der Waals surface area contributed by atoms with E-state index in [1.807, 2.05) is 42.6 Å². The number of amides is 1. The van der Waals surface area contributed by atoms with Crippen molar-refractivity contribution in [2.24, 2.45) is 0 Å². The van der Waals surface area contributed by atoms with Crippen molar-refractivity contribution < 1.29 is 13.9 Å². The molecule has 0 saturated carbocycles. The highest BCUT2D eigenvalue weighted by atomic mass is 32.1. The number of nitrogens with zero attached hydrogens (tertiary/aromatic N) is 2. The second-order valence-electron chi connectivity index (χ2n) is 7.15. The summed E-state index contributed by atoms with van der Waals surface area (Å²) >= 11 is 1.48. The standard InChI is InChI=1S/C23H24FN3O2S/c1-2-29-18-10-8-16(9-11-18)23-25-17(15-30-23)14-21(28)26-22-19(24)6-5-7-20(22)27-12-3-4-13-27/h5-11,15H,2-4,12-14H2,1H3,(H,26,28). The molecule has 1 aromatic heterocycles. The summed E-state index contributed by atoms with van der Waals surface area (Å²) in [7, 11) is 0. The summed E-state index contributed by atoms with van der Waals surface area (Å²) < 4.78 is 19.9. The second-order valence-corrected chi connectivity index (χ2v) is 8.01. The molecule has 0 bridgehead atoms. The van der Waals surface area contributed by atoms with Gasteiger partial charge in [0.25, 0.3) is 0 Å². The lowest BCUT2D eigenvalue weighted by atomic mass is 10.2. The third kappa shape index (κ3) is 4.62. The summed E-state index contributed by atoms with van der Waals surface area (Å²) in [4.78, 5) is 19.3. The fourth-order valence-corrected chi connectivity index (χ4v) is 4.41. The molecular formula is C23H24FN3O2S. The molecule has 0 unspecified atom stereocenters. The number of hydrogen-bond acceptors (Lipinski definition) is 5. The van der Waals surface area contributed by atoms with Crippen LogP contribution in [0.1, 0.15) is 25.5 Å². The van der Waals surface area contributed by atoms with Crippen molar-refractivity contribution in [2.45, 2.75) is 26.2 Å². The molecule has 1 N–H and O–H groups in total. The zero-order valence-electron chi connectivity index (χ0n) is 16.9. The smallest absolute Gasteiger partial charge is 0.230 e. The molecule has 1 fully saturated rings. The summed E-state index contributed by atoms with van der Waals surface area (Å²) in [5, 5.41) is 5.47. The average molecular weight is 426 g/mol. The van der Waals surface area contributed by atoms with Crippen LogP contribution >= 0.6 is 11.3 Å². The van der Waals surface area contributed by atoms with Gasteiger partial charge in [0.15, 0.2) is 0 Å². The van der Waals surface area contributed by atoms with Gasteiger partial charge in [-0.05, 0) is 56.2 Å². The fourth-order valence-electron chi connectivity index (χ4n) is 3.59. The van der Waals surface area contributed by atoms with E-state index in [0.717, 1.165) is 47.9 Å². The van der Waals surface area contributed by atoms with Gasteiger partial charge in [0.2, 0.25) is 5.91 Å². The summed E-state index contributed by atoms with van der Waals surface area (Å²) in [5.74, 6) is 0.126. The molecule has 1 saturated heterocycles. The van der Waals surface area contributed by atoms with Crippen molar-refractivity contribution in [1.82, 2.24) is 4.98 Å². The number of halogens is 1. The van der Waals surface area contributed by atoms with Crippen LogP contribution < -0.4 is 15.0 Å². The molecule has 0 radical (unpaired) electrons. The molecule has 156 valence electrons. The number of anilines is 2. The maximum atomic E-state index is 14.5. The molecule has 1 aliphatic rings. The third-order valence-electron chi connectivity index (χ3n) is 5.01. The van der Waals surface area contributed by atoms with E-state index in [4.69, 9.17) is 4.74 Å². The minimum absolute atomic E-state index is 0.0985. The Hall–Kier alpha value is -2.93. The van der Waals surface area contributed by atoms with E-state index in [0.29, 0.717) is 12.3 Å². The Labute approximate surface area is 179 Å². The van der Waals surface area contributed by atoms with Crippen LogP contribution in [0.4, 0.5) is 15.8 Å². The summed E-state index contributed by atoms with van der Waals surface area (Å²) in [6, 6.07) is 12.6. The van der Waals surface area contributed by atoms with Gasteiger partial charge in [-0.25, -0.2) is 9.37 Å². The van der Waals surface area contributed by atoms with Gasteiger partial charge in [0.05, 0.1) is 24.4 Å². The molecule has 2 heterocycles. The van der Waals surface area contributed by atoms with Crippen LogP contribution in [0.2, 0.25) is 0 Å². The monoisotopic (exact) mass is 425 g/mol. The molecule has 5 nitrogen and oxygen atoms in total. The van der Waals surface area contributed by atoms with Gasteiger partial charge in [-0.2, -0.15) is 0 Å². The van der Waals surface area contributed by atoms with Gasteiger partial charge in [-0.15, -0.1) is 11.3 Å². The Morgan fingerprint density at radius 2 is 1.97 bits per heavy atom. The molecule has 3 aromatic rings. The molecule has 0 spiro atoms. The number of carbonyl (C=O) groups is 1. The molecule has 1 aliphatic heterocycles. The quantitative estimate of drug-likeness (QED) is 0.570. The normalized spacial score (nSPS) is 13.5. The Morgan fingerprint density at radius 1 is 1.20 bits per heavy atom. The number of benzene rings is 2. The SMILES string of the molecule is CCOc1ccc(-c2nc(CC(=O)Nc3c(F)cccc3N3CCCC3)cs2)cc1. The minimum atomic E-state index is -0.416. The molecule has 0 atom stereocenters. The van der Waals surface area contributed by atoms with Gasteiger partial charge in [-0.3, -0.25) is 4.79 Å². The maximum absolute atomic E-state index is 14.5. The van der Waals surface area contributed by atoms with Gasteiger partial charge < -0.3 is 15.0 Å². The Balaban J connectivity index is 1.44. The molecular weight excluding hydrogens is 401 g/mol. The van der Waals surface area contributed by atoms with Crippen molar-refractivity contribution in [2.75, 3.05) is 29.9 Å². The third-order valence-corrected chi connectivity index (χ3v) is 5.95. The van der Waals surface area contributed by atoms with Crippen LogP contribution in [-0.4, -0.2) is 30.6 Å². The minimum Gasteiger partial charge on any atom is -0.494 e. The predicted molar refractivity (Wildman–Crippen MR) is 119 cm³/mol. The van der Waals surface area contributed by atoms with Gasteiger partial charge >= 0.3 is 0 Å². The van der Waals surface area contributed by atoms with Gasteiger partial charge in [0, 0.05) is 24.0 Å². The second kappa shape index (κ2) is 9.26. The lowest BCUT2D eigenvalue weighted by molar-refractivity contribution is -0.115. The van der Waals surface area contributed by atoms with Crippen LogP contribution in [0.3, 0.4) is 0 Å². The highest BCUT2D eigenvalue weighted by Crippen LogP contribution is 2.31. The van der Waals surface area contributed by atoms with Crippen LogP contribution in [-0.2, 0) is 11.2 Å². The van der Waals surface area contributed by atoms with E-state index in [2.05, 4.69) is 15.2 Å². The van der Waals surface area contributed by atoms with E-state index in [1.165, 1.54) is 17.4 Å². The number of aromatic nitrogens is 1. The first kappa shape index (κ1) is 20.3. The number of hydrogen-bond donors (Lipinski definition) is 1. The molecule has 4 rings (SSSR count). The average Bonchev–Trinajstić information content (AvgIpc) is 3.43. The van der Waals surface area contributed by atoms with E-state index in [9.17, 15) is 9.18 Å². The van der Waals surface area contributed by atoms with Crippen LogP contribution in [0.15, 0.2) is 47.8 Å². The number of rotatable bonds is 7. The predicted octanol–water partition coefficient (Wildman–Crippen LogP) is 5.13. The van der Waals surface area contributed by atoms with Crippen molar-refractivity contribution in [3.63, 3.8) is 0 Å². The van der Waals surface area contributed by atoms with E-state index in [-0.39, 0.29) is 18.0 Å². The first-order valence-corrected chi connectivity index (χ1v) is 11.0.